The fraction of sp³-hybridized carbons (Fsp3) is 0.400. The first-order valence-corrected chi connectivity index (χ1v) is 7.31. The number of nitrogen functional groups attached to an aromatic ring is 1. The fourth-order valence-electron chi connectivity index (χ4n) is 1.75. The molecule has 0 amide bonds. The molecule has 7 heteroatoms. The van der Waals surface area contributed by atoms with Crippen LogP contribution in [0.5, 0.6) is 11.5 Å². The van der Waals surface area contributed by atoms with Gasteiger partial charge in [-0.25, -0.2) is 4.98 Å². The lowest BCUT2D eigenvalue weighted by atomic mass is 10.3. The van der Waals surface area contributed by atoms with Crippen LogP contribution in [-0.2, 0) is 0 Å². The number of ether oxygens (including phenoxy) is 2. The second-order valence-electron chi connectivity index (χ2n) is 4.60. The van der Waals surface area contributed by atoms with Crippen molar-refractivity contribution in [3.63, 3.8) is 0 Å². The van der Waals surface area contributed by atoms with E-state index in [4.69, 9.17) is 15.2 Å². The number of rotatable bonds is 9. The first-order chi connectivity index (χ1) is 10.8. The number of hydrogen-bond donors (Lipinski definition) is 2. The summed E-state index contributed by atoms with van der Waals surface area (Å²) in [4.78, 5) is 12.0. The molecule has 0 spiro atoms. The first kappa shape index (κ1) is 15.8. The van der Waals surface area contributed by atoms with Crippen LogP contribution >= 0.6 is 0 Å². The van der Waals surface area contributed by atoms with Crippen molar-refractivity contribution in [3.8, 4) is 11.5 Å². The molecule has 0 fully saturated rings. The van der Waals surface area contributed by atoms with Crippen LogP contribution < -0.4 is 20.5 Å². The van der Waals surface area contributed by atoms with Crippen molar-refractivity contribution in [2.45, 2.75) is 19.8 Å². The number of unbranched alkanes of at least 4 members (excludes halogenated alkanes) is 1. The van der Waals surface area contributed by atoms with Crippen molar-refractivity contribution >= 4 is 11.8 Å². The molecule has 118 valence electrons. The molecule has 0 bridgehead atoms. The van der Waals surface area contributed by atoms with Gasteiger partial charge < -0.3 is 20.5 Å². The number of nitrogens with two attached hydrogens (primary N) is 1. The first-order valence-electron chi connectivity index (χ1n) is 7.31. The predicted molar refractivity (Wildman–Crippen MR) is 85.1 cm³/mol. The number of anilines is 2. The standard InChI is InChI=1S/C15H21N5O2/c1-2-3-6-18-14-13(11-19-15(16)20-14)22-10-9-21-12-4-7-17-8-5-12/h4-5,7-8,11H,2-3,6,9-10H2,1H3,(H3,16,18,19,20). The summed E-state index contributed by atoms with van der Waals surface area (Å²) in [7, 11) is 0. The molecule has 0 saturated carbocycles. The SMILES string of the molecule is CCCCNc1nc(N)ncc1OCCOc1ccncc1. The predicted octanol–water partition coefficient (Wildman–Crippen LogP) is 2.12. The summed E-state index contributed by atoms with van der Waals surface area (Å²) >= 11 is 0. The van der Waals surface area contributed by atoms with Gasteiger partial charge in [0.1, 0.15) is 19.0 Å². The van der Waals surface area contributed by atoms with Gasteiger partial charge in [-0.2, -0.15) is 4.98 Å². The van der Waals surface area contributed by atoms with Gasteiger partial charge >= 0.3 is 0 Å². The molecule has 0 aliphatic carbocycles. The highest BCUT2D eigenvalue weighted by atomic mass is 16.5. The molecule has 2 aromatic heterocycles. The van der Waals surface area contributed by atoms with Gasteiger partial charge in [0.05, 0.1) is 6.20 Å². The number of nitrogens with one attached hydrogen (secondary N) is 1. The molecule has 0 saturated heterocycles. The molecule has 0 unspecified atom stereocenters. The molecular formula is C15H21N5O2. The molecule has 22 heavy (non-hydrogen) atoms. The molecule has 0 radical (unpaired) electrons. The monoisotopic (exact) mass is 303 g/mol. The van der Waals surface area contributed by atoms with E-state index in [1.165, 1.54) is 0 Å². The van der Waals surface area contributed by atoms with Gasteiger partial charge in [-0.1, -0.05) is 13.3 Å². The Labute approximate surface area is 129 Å². The molecule has 0 atom stereocenters. The molecule has 2 aromatic rings. The van der Waals surface area contributed by atoms with Gasteiger partial charge in [-0.05, 0) is 18.6 Å². The van der Waals surface area contributed by atoms with Crippen molar-refractivity contribution in [1.82, 2.24) is 15.0 Å². The molecule has 0 aliphatic rings. The van der Waals surface area contributed by atoms with Crippen LogP contribution in [0.15, 0.2) is 30.7 Å². The Balaban J connectivity index is 1.83. The average molecular weight is 303 g/mol. The summed E-state index contributed by atoms with van der Waals surface area (Å²) < 4.78 is 11.2. The third-order valence-electron chi connectivity index (χ3n) is 2.86. The maximum absolute atomic E-state index is 5.66. The van der Waals surface area contributed by atoms with Crippen molar-refractivity contribution in [1.29, 1.82) is 0 Å². The largest absolute Gasteiger partial charge is 0.490 e. The summed E-state index contributed by atoms with van der Waals surface area (Å²) in [5.74, 6) is 2.17. The Kier molecular flexibility index (Phi) is 6.22. The zero-order valence-electron chi connectivity index (χ0n) is 12.7. The molecule has 0 aromatic carbocycles. The zero-order valence-corrected chi connectivity index (χ0v) is 12.7. The maximum Gasteiger partial charge on any atom is 0.222 e. The number of nitrogens with zero attached hydrogens (tertiary/aromatic N) is 3. The summed E-state index contributed by atoms with van der Waals surface area (Å²) in [5.41, 5.74) is 5.61. The van der Waals surface area contributed by atoms with E-state index in [-0.39, 0.29) is 5.95 Å². The van der Waals surface area contributed by atoms with Gasteiger partial charge in [-0.3, -0.25) is 4.98 Å². The normalized spacial score (nSPS) is 10.2. The number of pyridine rings is 1. The smallest absolute Gasteiger partial charge is 0.222 e. The maximum atomic E-state index is 5.66. The summed E-state index contributed by atoms with van der Waals surface area (Å²) in [6.07, 6.45) is 7.08. The Morgan fingerprint density at radius 1 is 1.18 bits per heavy atom. The molecular weight excluding hydrogens is 282 g/mol. The van der Waals surface area contributed by atoms with E-state index in [9.17, 15) is 0 Å². The van der Waals surface area contributed by atoms with E-state index in [2.05, 4.69) is 27.2 Å². The molecule has 3 N–H and O–H groups in total. The quantitative estimate of drug-likeness (QED) is 0.685. The highest BCUT2D eigenvalue weighted by molar-refractivity contribution is 5.51. The van der Waals surface area contributed by atoms with Gasteiger partial charge in [0.2, 0.25) is 5.95 Å². The minimum Gasteiger partial charge on any atom is -0.490 e. The summed E-state index contributed by atoms with van der Waals surface area (Å²) in [6, 6.07) is 3.59. The Hall–Kier alpha value is -2.57. The minimum absolute atomic E-state index is 0.222. The van der Waals surface area contributed by atoms with Crippen molar-refractivity contribution in [3.05, 3.63) is 30.7 Å². The molecule has 7 nitrogen and oxygen atoms in total. The minimum atomic E-state index is 0.222. The lowest BCUT2D eigenvalue weighted by molar-refractivity contribution is 0.217. The van der Waals surface area contributed by atoms with Gasteiger partial charge in [0, 0.05) is 18.9 Å². The lowest BCUT2D eigenvalue weighted by Crippen LogP contribution is -2.12. The highest BCUT2D eigenvalue weighted by Crippen LogP contribution is 2.21. The lowest BCUT2D eigenvalue weighted by Gasteiger charge is -2.12. The molecule has 0 aliphatic heterocycles. The summed E-state index contributed by atoms with van der Waals surface area (Å²) in [5, 5.41) is 3.21. The Morgan fingerprint density at radius 2 is 1.95 bits per heavy atom. The zero-order chi connectivity index (χ0) is 15.6. The van der Waals surface area contributed by atoms with E-state index in [1.54, 1.807) is 30.7 Å². The van der Waals surface area contributed by atoms with Crippen LogP contribution in [0.1, 0.15) is 19.8 Å². The molecule has 2 rings (SSSR count). The third-order valence-corrected chi connectivity index (χ3v) is 2.86. The highest BCUT2D eigenvalue weighted by Gasteiger charge is 2.07. The average Bonchev–Trinajstić information content (AvgIpc) is 2.54. The number of hydrogen-bond acceptors (Lipinski definition) is 7. The van der Waals surface area contributed by atoms with E-state index < -0.39 is 0 Å². The Bertz CT molecular complexity index is 565. The number of aromatic nitrogens is 3. The van der Waals surface area contributed by atoms with Gasteiger partial charge in [-0.15, -0.1) is 0 Å². The second-order valence-corrected chi connectivity index (χ2v) is 4.60. The molecule has 2 heterocycles. The van der Waals surface area contributed by atoms with Gasteiger partial charge in [0.25, 0.3) is 0 Å². The fourth-order valence-corrected chi connectivity index (χ4v) is 1.75. The van der Waals surface area contributed by atoms with Gasteiger partial charge in [0.15, 0.2) is 11.6 Å². The van der Waals surface area contributed by atoms with Crippen LogP contribution in [0.3, 0.4) is 0 Å². The van der Waals surface area contributed by atoms with Crippen LogP contribution in [0, 0.1) is 0 Å². The Morgan fingerprint density at radius 3 is 2.73 bits per heavy atom. The topological polar surface area (TPSA) is 95.2 Å². The van der Waals surface area contributed by atoms with Crippen LogP contribution in [-0.4, -0.2) is 34.7 Å². The summed E-state index contributed by atoms with van der Waals surface area (Å²) in [6.45, 7) is 3.75. The van der Waals surface area contributed by atoms with Crippen molar-refractivity contribution in [2.24, 2.45) is 0 Å². The van der Waals surface area contributed by atoms with Crippen molar-refractivity contribution < 1.29 is 9.47 Å². The van der Waals surface area contributed by atoms with Crippen LogP contribution in [0.25, 0.3) is 0 Å². The van der Waals surface area contributed by atoms with E-state index in [0.29, 0.717) is 24.8 Å². The van der Waals surface area contributed by atoms with E-state index in [1.807, 2.05) is 0 Å². The second kappa shape index (κ2) is 8.66. The third kappa shape index (κ3) is 5.08. The van der Waals surface area contributed by atoms with E-state index in [0.717, 1.165) is 25.1 Å². The van der Waals surface area contributed by atoms with Crippen molar-refractivity contribution in [2.75, 3.05) is 30.8 Å². The van der Waals surface area contributed by atoms with Crippen LogP contribution in [0.4, 0.5) is 11.8 Å². The van der Waals surface area contributed by atoms with E-state index >= 15 is 0 Å². The van der Waals surface area contributed by atoms with Crippen LogP contribution in [0.2, 0.25) is 0 Å².